The van der Waals surface area contributed by atoms with Gasteiger partial charge in [0.25, 0.3) is 0 Å². The molecule has 1 heterocycles. The highest BCUT2D eigenvalue weighted by Gasteiger charge is 2.32. The van der Waals surface area contributed by atoms with Crippen LogP contribution < -0.4 is 0 Å². The fraction of sp³-hybridized carbons (Fsp3) is 1.00. The molecule has 0 aliphatic carbocycles. The minimum Gasteiger partial charge on any atom is -0.295 e. The average Bonchev–Trinajstić information content (AvgIpc) is 2.33. The molecule has 0 aromatic carbocycles. The van der Waals surface area contributed by atoms with Crippen LogP contribution in [-0.2, 0) is 0 Å². The molecule has 0 aromatic heterocycles. The lowest BCUT2D eigenvalue weighted by Gasteiger charge is -2.31. The molecule has 0 saturated carbocycles. The Bertz CT molecular complexity index is 149. The second kappa shape index (κ2) is 10.9. The molecule has 0 spiro atoms. The summed E-state index contributed by atoms with van der Waals surface area (Å²) in [6, 6.07) is 0. The predicted molar refractivity (Wildman–Crippen MR) is 68.2 cm³/mol. The second-order valence-electron chi connectivity index (χ2n) is 3.74. The molecule has 0 aromatic rings. The van der Waals surface area contributed by atoms with E-state index in [0.29, 0.717) is 19.0 Å². The van der Waals surface area contributed by atoms with Crippen molar-refractivity contribution in [3.63, 3.8) is 0 Å². The zero-order valence-corrected chi connectivity index (χ0v) is 11.9. The van der Waals surface area contributed by atoms with Crippen LogP contribution in [0.5, 0.6) is 0 Å². The smallest absolute Gasteiger partial charge is 0.295 e. The third-order valence-electron chi connectivity index (χ3n) is 2.69. The van der Waals surface area contributed by atoms with Crippen LogP contribution in [0.25, 0.3) is 0 Å². The van der Waals surface area contributed by atoms with Gasteiger partial charge in [-0.1, -0.05) is 41.0 Å². The first-order valence-electron chi connectivity index (χ1n) is 6.80. The monoisotopic (exact) mass is 255 g/mol. The maximum absolute atomic E-state index is 12.0. The molecule has 4 heteroatoms. The SMILES string of the molecule is CC.CC.CCC1CCN(CC(F)(F)F)CC1. The molecular weight excluding hydrogens is 227 g/mol. The molecule has 0 unspecified atom stereocenters. The molecule has 17 heavy (non-hydrogen) atoms. The number of nitrogens with zero attached hydrogens (tertiary/aromatic N) is 1. The summed E-state index contributed by atoms with van der Waals surface area (Å²) in [5.74, 6) is 0.643. The molecule has 1 saturated heterocycles. The summed E-state index contributed by atoms with van der Waals surface area (Å²) in [5, 5.41) is 0. The second-order valence-corrected chi connectivity index (χ2v) is 3.74. The summed E-state index contributed by atoms with van der Waals surface area (Å²) in [5.41, 5.74) is 0. The molecule has 1 nitrogen and oxygen atoms in total. The van der Waals surface area contributed by atoms with Gasteiger partial charge < -0.3 is 0 Å². The largest absolute Gasteiger partial charge is 0.401 e. The maximum Gasteiger partial charge on any atom is 0.401 e. The van der Waals surface area contributed by atoms with Crippen LogP contribution in [0.15, 0.2) is 0 Å². The summed E-state index contributed by atoms with van der Waals surface area (Å²) >= 11 is 0. The Labute approximate surface area is 104 Å². The molecule has 0 bridgehead atoms. The quantitative estimate of drug-likeness (QED) is 0.690. The van der Waals surface area contributed by atoms with E-state index in [1.807, 2.05) is 27.7 Å². The van der Waals surface area contributed by atoms with Crippen LogP contribution in [0, 0.1) is 5.92 Å². The predicted octanol–water partition coefficient (Wildman–Crippen LogP) is 4.72. The first-order chi connectivity index (χ1) is 8.01. The van der Waals surface area contributed by atoms with Crippen LogP contribution in [0.1, 0.15) is 53.9 Å². The zero-order valence-electron chi connectivity index (χ0n) is 11.9. The summed E-state index contributed by atoms with van der Waals surface area (Å²) in [6.45, 7) is 10.6. The van der Waals surface area contributed by atoms with Crippen molar-refractivity contribution in [3.8, 4) is 0 Å². The van der Waals surface area contributed by atoms with Crippen LogP contribution in [0.4, 0.5) is 13.2 Å². The van der Waals surface area contributed by atoms with Crippen molar-refractivity contribution < 1.29 is 13.2 Å². The van der Waals surface area contributed by atoms with Crippen molar-refractivity contribution >= 4 is 0 Å². The number of hydrogen-bond donors (Lipinski definition) is 0. The summed E-state index contributed by atoms with van der Waals surface area (Å²) in [7, 11) is 0. The summed E-state index contributed by atoms with van der Waals surface area (Å²) in [6.07, 6.45) is -1.09. The van der Waals surface area contributed by atoms with Gasteiger partial charge in [0.2, 0.25) is 0 Å². The molecule has 0 N–H and O–H groups in total. The van der Waals surface area contributed by atoms with Crippen molar-refractivity contribution in [2.45, 2.75) is 60.1 Å². The Kier molecular flexibility index (Phi) is 12.2. The number of hydrogen-bond acceptors (Lipinski definition) is 1. The minimum absolute atomic E-state index is 0.609. The number of halogens is 3. The van der Waals surface area contributed by atoms with Crippen molar-refractivity contribution in [1.82, 2.24) is 4.90 Å². The fourth-order valence-electron chi connectivity index (χ4n) is 1.81. The third kappa shape index (κ3) is 10.6. The summed E-state index contributed by atoms with van der Waals surface area (Å²) in [4.78, 5) is 1.51. The van der Waals surface area contributed by atoms with E-state index in [1.165, 1.54) is 4.90 Å². The standard InChI is InChI=1S/C9H16F3N.2C2H6/c1-2-8-3-5-13(6-4-8)7-9(10,11)12;2*1-2/h8H,2-7H2,1H3;2*1-2H3. The molecular formula is C13H28F3N. The van der Waals surface area contributed by atoms with Crippen LogP contribution in [0.2, 0.25) is 0 Å². The molecule has 106 valence electrons. The van der Waals surface area contributed by atoms with Gasteiger partial charge in [-0.2, -0.15) is 13.2 Å². The van der Waals surface area contributed by atoms with Crippen molar-refractivity contribution in [3.05, 3.63) is 0 Å². The zero-order chi connectivity index (χ0) is 13.9. The van der Waals surface area contributed by atoms with E-state index < -0.39 is 12.7 Å². The van der Waals surface area contributed by atoms with E-state index in [0.717, 1.165) is 19.3 Å². The van der Waals surface area contributed by atoms with Gasteiger partial charge in [0.15, 0.2) is 0 Å². The van der Waals surface area contributed by atoms with Crippen LogP contribution in [-0.4, -0.2) is 30.7 Å². The molecule has 0 amide bonds. The van der Waals surface area contributed by atoms with E-state index >= 15 is 0 Å². The van der Waals surface area contributed by atoms with Gasteiger partial charge in [-0.15, -0.1) is 0 Å². The maximum atomic E-state index is 12.0. The molecule has 1 rings (SSSR count). The van der Waals surface area contributed by atoms with Gasteiger partial charge in [0.05, 0.1) is 6.54 Å². The normalized spacial score (nSPS) is 17.6. The van der Waals surface area contributed by atoms with E-state index in [2.05, 4.69) is 6.92 Å². The van der Waals surface area contributed by atoms with Gasteiger partial charge in [0, 0.05) is 0 Å². The number of alkyl halides is 3. The van der Waals surface area contributed by atoms with E-state index in [1.54, 1.807) is 0 Å². The van der Waals surface area contributed by atoms with Crippen molar-refractivity contribution in [2.24, 2.45) is 5.92 Å². The Morgan fingerprint density at radius 3 is 1.71 bits per heavy atom. The van der Waals surface area contributed by atoms with E-state index in [-0.39, 0.29) is 0 Å². The molecule has 1 aliphatic heterocycles. The van der Waals surface area contributed by atoms with Crippen LogP contribution >= 0.6 is 0 Å². The Hall–Kier alpha value is -0.250. The lowest BCUT2D eigenvalue weighted by atomic mass is 9.94. The van der Waals surface area contributed by atoms with Gasteiger partial charge >= 0.3 is 6.18 Å². The highest BCUT2D eigenvalue weighted by Crippen LogP contribution is 2.23. The highest BCUT2D eigenvalue weighted by atomic mass is 19.4. The molecule has 1 aliphatic rings. The van der Waals surface area contributed by atoms with Gasteiger partial charge in [-0.05, 0) is 31.8 Å². The van der Waals surface area contributed by atoms with E-state index in [9.17, 15) is 13.2 Å². The first kappa shape index (κ1) is 19.1. The minimum atomic E-state index is -4.03. The molecule has 0 radical (unpaired) electrons. The van der Waals surface area contributed by atoms with Crippen molar-refractivity contribution in [1.29, 1.82) is 0 Å². The number of rotatable bonds is 2. The summed E-state index contributed by atoms with van der Waals surface area (Å²) < 4.78 is 35.9. The van der Waals surface area contributed by atoms with Gasteiger partial charge in [-0.25, -0.2) is 0 Å². The number of likely N-dealkylation sites (tertiary alicyclic amines) is 1. The van der Waals surface area contributed by atoms with Crippen molar-refractivity contribution in [2.75, 3.05) is 19.6 Å². The topological polar surface area (TPSA) is 3.24 Å². The number of piperidine rings is 1. The first-order valence-corrected chi connectivity index (χ1v) is 6.80. The third-order valence-corrected chi connectivity index (χ3v) is 2.69. The van der Waals surface area contributed by atoms with E-state index in [4.69, 9.17) is 0 Å². The molecule has 1 fully saturated rings. The Morgan fingerprint density at radius 1 is 1.00 bits per heavy atom. The Morgan fingerprint density at radius 2 is 1.41 bits per heavy atom. The Balaban J connectivity index is 0. The highest BCUT2D eigenvalue weighted by molar-refractivity contribution is 4.73. The molecule has 0 atom stereocenters. The average molecular weight is 255 g/mol. The van der Waals surface area contributed by atoms with Crippen LogP contribution in [0.3, 0.4) is 0 Å². The van der Waals surface area contributed by atoms with Gasteiger partial charge in [0.1, 0.15) is 0 Å². The van der Waals surface area contributed by atoms with Gasteiger partial charge in [-0.3, -0.25) is 4.90 Å². The lowest BCUT2D eigenvalue weighted by Crippen LogP contribution is -2.39. The lowest BCUT2D eigenvalue weighted by molar-refractivity contribution is -0.148. The fourth-order valence-corrected chi connectivity index (χ4v) is 1.81.